The number of carbonyl (C=O) groups is 1. The molecule has 6 nitrogen and oxygen atoms in total. The number of rotatable bonds is 9. The van der Waals surface area contributed by atoms with Gasteiger partial charge in [-0.05, 0) is 38.5 Å². The van der Waals surface area contributed by atoms with E-state index < -0.39 is 0 Å². The van der Waals surface area contributed by atoms with Crippen molar-refractivity contribution in [3.05, 3.63) is 53.6 Å². The molecule has 6 heteroatoms. The van der Waals surface area contributed by atoms with E-state index in [1.165, 1.54) is 0 Å². The Kier molecular flexibility index (Phi) is 7.49. The van der Waals surface area contributed by atoms with Crippen LogP contribution in [-0.4, -0.2) is 31.9 Å². The van der Waals surface area contributed by atoms with E-state index in [1.54, 1.807) is 18.3 Å². The number of ether oxygens (including phenoxy) is 3. The van der Waals surface area contributed by atoms with Gasteiger partial charge in [-0.25, -0.2) is 5.43 Å². The Morgan fingerprint density at radius 2 is 1.54 bits per heavy atom. The lowest BCUT2D eigenvalue weighted by Gasteiger charge is -2.16. The van der Waals surface area contributed by atoms with Gasteiger partial charge in [0.1, 0.15) is 0 Å². The molecule has 2 aromatic carbocycles. The maximum absolute atomic E-state index is 12.4. The molecule has 0 aliphatic carbocycles. The fourth-order valence-electron chi connectivity index (χ4n) is 2.29. The van der Waals surface area contributed by atoms with Crippen molar-refractivity contribution in [2.75, 3.05) is 19.8 Å². The zero-order valence-electron chi connectivity index (χ0n) is 15.3. The van der Waals surface area contributed by atoms with Crippen molar-refractivity contribution in [1.29, 1.82) is 0 Å². The molecule has 0 saturated carbocycles. The number of hydrazone groups is 1. The highest BCUT2D eigenvalue weighted by atomic mass is 16.5. The van der Waals surface area contributed by atoms with E-state index in [9.17, 15) is 4.79 Å². The normalized spacial score (nSPS) is 10.6. The third-order valence-electron chi connectivity index (χ3n) is 3.35. The third kappa shape index (κ3) is 5.24. The first-order valence-electron chi connectivity index (χ1n) is 8.64. The molecule has 1 amide bonds. The summed E-state index contributed by atoms with van der Waals surface area (Å²) in [6.45, 7) is 6.98. The van der Waals surface area contributed by atoms with Crippen molar-refractivity contribution in [3.8, 4) is 17.2 Å². The summed E-state index contributed by atoms with van der Waals surface area (Å²) in [5.74, 6) is 1.08. The van der Waals surface area contributed by atoms with Gasteiger partial charge in [-0.3, -0.25) is 4.79 Å². The van der Waals surface area contributed by atoms with Crippen molar-refractivity contribution in [3.63, 3.8) is 0 Å². The lowest BCUT2D eigenvalue weighted by atomic mass is 10.1. The van der Waals surface area contributed by atoms with Gasteiger partial charge in [-0.2, -0.15) is 5.10 Å². The minimum Gasteiger partial charge on any atom is -0.490 e. The van der Waals surface area contributed by atoms with Gasteiger partial charge in [-0.15, -0.1) is 0 Å². The highest BCUT2D eigenvalue weighted by Crippen LogP contribution is 2.39. The van der Waals surface area contributed by atoms with Gasteiger partial charge in [0.25, 0.3) is 5.91 Å². The molecule has 0 radical (unpaired) electrons. The van der Waals surface area contributed by atoms with E-state index in [4.69, 9.17) is 14.2 Å². The van der Waals surface area contributed by atoms with Crippen LogP contribution in [0, 0.1) is 0 Å². The van der Waals surface area contributed by atoms with Crippen LogP contribution in [0.25, 0.3) is 0 Å². The van der Waals surface area contributed by atoms with Crippen LogP contribution in [0.4, 0.5) is 0 Å². The molecule has 0 aliphatic rings. The van der Waals surface area contributed by atoms with Crippen LogP contribution >= 0.6 is 0 Å². The fourth-order valence-corrected chi connectivity index (χ4v) is 2.29. The number of nitrogens with zero attached hydrogens (tertiary/aromatic N) is 1. The van der Waals surface area contributed by atoms with E-state index in [-0.39, 0.29) is 5.91 Å². The summed E-state index contributed by atoms with van der Waals surface area (Å²) in [5.41, 5.74) is 3.79. The molecule has 2 aromatic rings. The Hall–Kier alpha value is -3.02. The number of nitrogens with one attached hydrogen (secondary N) is 1. The first-order chi connectivity index (χ1) is 12.7. The average molecular weight is 356 g/mol. The first-order valence-corrected chi connectivity index (χ1v) is 8.64. The molecule has 0 bridgehead atoms. The molecule has 26 heavy (non-hydrogen) atoms. The highest BCUT2D eigenvalue weighted by Gasteiger charge is 2.18. The van der Waals surface area contributed by atoms with Crippen LogP contribution in [0.3, 0.4) is 0 Å². The molecule has 0 unspecified atom stereocenters. The summed E-state index contributed by atoms with van der Waals surface area (Å²) in [4.78, 5) is 12.4. The minimum absolute atomic E-state index is 0.359. The van der Waals surface area contributed by atoms with Gasteiger partial charge in [0.05, 0.1) is 26.0 Å². The number of benzene rings is 2. The zero-order valence-corrected chi connectivity index (χ0v) is 15.3. The molecule has 1 N–H and O–H groups in total. The van der Waals surface area contributed by atoms with Crippen molar-refractivity contribution < 1.29 is 19.0 Å². The highest BCUT2D eigenvalue weighted by molar-refractivity contribution is 5.96. The number of hydrogen-bond donors (Lipinski definition) is 1. The van der Waals surface area contributed by atoms with Gasteiger partial charge < -0.3 is 14.2 Å². The standard InChI is InChI=1S/C20H24N2O4/c1-4-24-17-12-16(13-18(25-5-2)19(17)26-6-3)20(23)22-21-14-15-10-8-7-9-11-15/h7-14H,4-6H2,1-3H3,(H,22,23)/b21-14-. The van der Waals surface area contributed by atoms with Gasteiger partial charge in [-0.1, -0.05) is 30.3 Å². The van der Waals surface area contributed by atoms with Crippen LogP contribution in [0.15, 0.2) is 47.6 Å². The maximum atomic E-state index is 12.4. The molecule has 0 saturated heterocycles. The molecule has 0 heterocycles. The predicted molar refractivity (Wildman–Crippen MR) is 101 cm³/mol. The molecule has 0 aliphatic heterocycles. The average Bonchev–Trinajstić information content (AvgIpc) is 2.65. The van der Waals surface area contributed by atoms with Gasteiger partial charge in [0.2, 0.25) is 5.75 Å². The smallest absolute Gasteiger partial charge is 0.271 e. The third-order valence-corrected chi connectivity index (χ3v) is 3.35. The zero-order chi connectivity index (χ0) is 18.8. The molecule has 0 spiro atoms. The summed E-state index contributed by atoms with van der Waals surface area (Å²) in [5, 5.41) is 3.99. The van der Waals surface area contributed by atoms with Crippen LogP contribution in [-0.2, 0) is 0 Å². The first kappa shape index (κ1) is 19.3. The van der Waals surface area contributed by atoms with Crippen molar-refractivity contribution in [2.45, 2.75) is 20.8 Å². The molecule has 2 rings (SSSR count). The van der Waals surface area contributed by atoms with Crippen molar-refractivity contribution in [2.24, 2.45) is 5.10 Å². The number of amides is 1. The van der Waals surface area contributed by atoms with Crippen LogP contribution in [0.5, 0.6) is 17.2 Å². The summed E-state index contributed by atoms with van der Waals surface area (Å²) in [6, 6.07) is 12.8. The lowest BCUT2D eigenvalue weighted by Crippen LogP contribution is -2.18. The molecule has 0 atom stereocenters. The second kappa shape index (κ2) is 10.1. The van der Waals surface area contributed by atoms with Crippen LogP contribution < -0.4 is 19.6 Å². The van der Waals surface area contributed by atoms with Crippen LogP contribution in [0.1, 0.15) is 36.7 Å². The lowest BCUT2D eigenvalue weighted by molar-refractivity contribution is 0.0954. The monoisotopic (exact) mass is 356 g/mol. The minimum atomic E-state index is -0.359. The van der Waals surface area contributed by atoms with Crippen molar-refractivity contribution in [1.82, 2.24) is 5.43 Å². The summed E-state index contributed by atoms with van der Waals surface area (Å²) < 4.78 is 16.9. The fraction of sp³-hybridized carbons (Fsp3) is 0.300. The second-order valence-electron chi connectivity index (χ2n) is 5.21. The maximum Gasteiger partial charge on any atom is 0.271 e. The topological polar surface area (TPSA) is 69.2 Å². The van der Waals surface area contributed by atoms with Gasteiger partial charge >= 0.3 is 0 Å². The summed E-state index contributed by atoms with van der Waals surface area (Å²) in [6.07, 6.45) is 1.58. The molecule has 0 aromatic heterocycles. The predicted octanol–water partition coefficient (Wildman–Crippen LogP) is 3.65. The molecule has 0 fully saturated rings. The van der Waals surface area contributed by atoms with E-state index in [0.29, 0.717) is 42.6 Å². The Morgan fingerprint density at radius 1 is 0.962 bits per heavy atom. The quantitative estimate of drug-likeness (QED) is 0.550. The van der Waals surface area contributed by atoms with Crippen molar-refractivity contribution >= 4 is 12.1 Å². The van der Waals surface area contributed by atoms with E-state index >= 15 is 0 Å². The number of carbonyl (C=O) groups excluding carboxylic acids is 1. The summed E-state index contributed by atoms with van der Waals surface area (Å²) >= 11 is 0. The Morgan fingerprint density at radius 3 is 2.08 bits per heavy atom. The number of hydrogen-bond acceptors (Lipinski definition) is 5. The van der Waals surface area contributed by atoms with Crippen LogP contribution in [0.2, 0.25) is 0 Å². The Labute approximate surface area is 153 Å². The van der Waals surface area contributed by atoms with E-state index in [1.807, 2.05) is 51.1 Å². The molecular weight excluding hydrogens is 332 g/mol. The van der Waals surface area contributed by atoms with E-state index in [2.05, 4.69) is 10.5 Å². The largest absolute Gasteiger partial charge is 0.490 e. The Balaban J connectivity index is 2.23. The molecule has 138 valence electrons. The molecular formula is C20H24N2O4. The van der Waals surface area contributed by atoms with Gasteiger partial charge in [0.15, 0.2) is 11.5 Å². The van der Waals surface area contributed by atoms with Gasteiger partial charge in [0, 0.05) is 5.56 Å². The summed E-state index contributed by atoms with van der Waals surface area (Å²) in [7, 11) is 0. The Bertz CT molecular complexity index is 718. The SMILES string of the molecule is CCOc1cc(C(=O)N/N=C\c2ccccc2)cc(OCC)c1OCC. The van der Waals surface area contributed by atoms with E-state index in [0.717, 1.165) is 5.56 Å². The second-order valence-corrected chi connectivity index (χ2v) is 5.21.